The fraction of sp³-hybridized carbons (Fsp3) is 0.385. The van der Waals surface area contributed by atoms with Crippen molar-refractivity contribution in [3.8, 4) is 0 Å². The minimum atomic E-state index is -1.01. The average molecular weight is 271 g/mol. The van der Waals surface area contributed by atoms with Gasteiger partial charge in [-0.3, -0.25) is 9.59 Å². The van der Waals surface area contributed by atoms with E-state index in [0.717, 1.165) is 6.07 Å². The summed E-state index contributed by atoms with van der Waals surface area (Å²) in [5.74, 6) is -3.29. The van der Waals surface area contributed by atoms with Crippen LogP contribution in [-0.4, -0.2) is 23.5 Å². The van der Waals surface area contributed by atoms with Crippen molar-refractivity contribution >= 4 is 11.9 Å². The average Bonchev–Trinajstić information content (AvgIpc) is 2.34. The van der Waals surface area contributed by atoms with Crippen molar-refractivity contribution in [1.29, 1.82) is 0 Å². The van der Waals surface area contributed by atoms with Crippen LogP contribution < -0.4 is 5.32 Å². The Morgan fingerprint density at radius 2 is 1.95 bits per heavy atom. The topological polar surface area (TPSA) is 66.4 Å². The maximum Gasteiger partial charge on any atom is 0.303 e. The van der Waals surface area contributed by atoms with Gasteiger partial charge in [-0.2, -0.15) is 0 Å². The van der Waals surface area contributed by atoms with Gasteiger partial charge in [0.25, 0.3) is 0 Å². The maximum atomic E-state index is 13.3. The minimum absolute atomic E-state index is 0.00281. The van der Waals surface area contributed by atoms with E-state index in [9.17, 15) is 18.4 Å². The largest absolute Gasteiger partial charge is 0.481 e. The Morgan fingerprint density at radius 3 is 2.63 bits per heavy atom. The number of unbranched alkanes of at least 4 members (excludes halogenated alkanes) is 1. The summed E-state index contributed by atoms with van der Waals surface area (Å²) in [7, 11) is 0. The highest BCUT2D eigenvalue weighted by atomic mass is 19.2. The Bertz CT molecular complexity index is 463. The molecule has 0 aromatic heterocycles. The lowest BCUT2D eigenvalue weighted by Gasteiger charge is -2.06. The summed E-state index contributed by atoms with van der Waals surface area (Å²) in [5.41, 5.74) is 0.00281. The summed E-state index contributed by atoms with van der Waals surface area (Å²) in [6.07, 6.45) is 0.810. The highest BCUT2D eigenvalue weighted by molar-refractivity contribution is 5.78. The number of hydrogen-bond donors (Lipinski definition) is 2. The highest BCUT2D eigenvalue weighted by Crippen LogP contribution is 2.11. The Hall–Kier alpha value is -1.98. The normalized spacial score (nSPS) is 10.2. The van der Waals surface area contributed by atoms with Gasteiger partial charge in [0.15, 0.2) is 11.6 Å². The molecular weight excluding hydrogens is 256 g/mol. The molecule has 1 amide bonds. The Labute approximate surface area is 109 Å². The lowest BCUT2D eigenvalue weighted by atomic mass is 10.1. The molecule has 0 aliphatic heterocycles. The molecule has 0 fully saturated rings. The number of aliphatic carboxylic acids is 1. The van der Waals surface area contributed by atoms with Crippen LogP contribution in [0.15, 0.2) is 18.2 Å². The first-order valence-electron chi connectivity index (χ1n) is 5.92. The number of benzene rings is 1. The van der Waals surface area contributed by atoms with Crippen molar-refractivity contribution in [2.45, 2.75) is 25.7 Å². The standard InChI is InChI=1S/C13H15F2NO3/c14-10-5-3-4-9(13(10)15)8-11(17)16-7-2-1-6-12(18)19/h3-5H,1-2,6-8H2,(H,16,17)(H,18,19). The first kappa shape index (κ1) is 15.1. The summed E-state index contributed by atoms with van der Waals surface area (Å²) >= 11 is 0. The molecule has 2 N–H and O–H groups in total. The molecule has 0 saturated carbocycles. The summed E-state index contributed by atoms with van der Waals surface area (Å²) in [6, 6.07) is 3.68. The molecule has 0 aliphatic carbocycles. The molecule has 4 nitrogen and oxygen atoms in total. The number of carboxylic acid groups (broad SMARTS) is 1. The van der Waals surface area contributed by atoms with E-state index in [2.05, 4.69) is 5.32 Å². The number of hydrogen-bond acceptors (Lipinski definition) is 2. The van der Waals surface area contributed by atoms with Gasteiger partial charge in [-0.05, 0) is 18.9 Å². The van der Waals surface area contributed by atoms with Gasteiger partial charge in [-0.25, -0.2) is 8.78 Å². The zero-order chi connectivity index (χ0) is 14.3. The van der Waals surface area contributed by atoms with E-state index in [1.807, 2.05) is 0 Å². The molecule has 1 aromatic rings. The summed E-state index contributed by atoms with van der Waals surface area (Å²) in [5, 5.41) is 10.9. The first-order valence-corrected chi connectivity index (χ1v) is 5.92. The molecule has 1 rings (SSSR count). The maximum absolute atomic E-state index is 13.3. The van der Waals surface area contributed by atoms with E-state index in [4.69, 9.17) is 5.11 Å². The van der Waals surface area contributed by atoms with Crippen LogP contribution in [0.5, 0.6) is 0 Å². The van der Waals surface area contributed by atoms with Crippen molar-refractivity contribution in [3.63, 3.8) is 0 Å². The molecule has 0 bridgehead atoms. The van der Waals surface area contributed by atoms with E-state index < -0.39 is 23.5 Å². The second-order valence-corrected chi connectivity index (χ2v) is 4.09. The molecule has 0 atom stereocenters. The molecule has 0 unspecified atom stereocenters. The SMILES string of the molecule is O=C(O)CCCCNC(=O)Cc1cccc(F)c1F. The molecule has 0 spiro atoms. The van der Waals surface area contributed by atoms with Crippen LogP contribution in [0.1, 0.15) is 24.8 Å². The number of amides is 1. The Morgan fingerprint density at radius 1 is 1.21 bits per heavy atom. The molecule has 6 heteroatoms. The smallest absolute Gasteiger partial charge is 0.303 e. The molecule has 0 saturated heterocycles. The van der Waals surface area contributed by atoms with Crippen LogP contribution in [0.25, 0.3) is 0 Å². The molecule has 0 aliphatic rings. The first-order chi connectivity index (χ1) is 9.00. The van der Waals surface area contributed by atoms with Crippen LogP contribution in [0.3, 0.4) is 0 Å². The van der Waals surface area contributed by atoms with Crippen molar-refractivity contribution in [3.05, 3.63) is 35.4 Å². The monoisotopic (exact) mass is 271 g/mol. The van der Waals surface area contributed by atoms with Crippen LogP contribution >= 0.6 is 0 Å². The number of halogens is 2. The minimum Gasteiger partial charge on any atom is -0.481 e. The molecule has 19 heavy (non-hydrogen) atoms. The van der Waals surface area contributed by atoms with Crippen LogP contribution in [0.2, 0.25) is 0 Å². The van der Waals surface area contributed by atoms with Crippen molar-refractivity contribution < 1.29 is 23.5 Å². The van der Waals surface area contributed by atoms with Crippen molar-refractivity contribution in [2.75, 3.05) is 6.54 Å². The molecular formula is C13H15F2NO3. The molecule has 104 valence electrons. The number of carboxylic acids is 1. The van der Waals surface area contributed by atoms with E-state index in [-0.39, 0.29) is 18.4 Å². The third kappa shape index (κ3) is 5.46. The van der Waals surface area contributed by atoms with Crippen molar-refractivity contribution in [2.24, 2.45) is 0 Å². The number of carbonyl (C=O) groups is 2. The predicted molar refractivity (Wildman–Crippen MR) is 64.6 cm³/mol. The predicted octanol–water partition coefficient (Wildman–Crippen LogP) is 1.88. The van der Waals surface area contributed by atoms with Crippen molar-refractivity contribution in [1.82, 2.24) is 5.32 Å². The summed E-state index contributed by atoms with van der Waals surface area (Å²) < 4.78 is 26.2. The second kappa shape index (κ2) is 7.45. The molecule has 0 radical (unpaired) electrons. The second-order valence-electron chi connectivity index (χ2n) is 4.09. The fourth-order valence-corrected chi connectivity index (χ4v) is 1.55. The van der Waals surface area contributed by atoms with Gasteiger partial charge in [0, 0.05) is 18.5 Å². The van der Waals surface area contributed by atoms with Gasteiger partial charge in [0.2, 0.25) is 5.91 Å². The number of rotatable bonds is 7. The van der Waals surface area contributed by atoms with Gasteiger partial charge in [-0.15, -0.1) is 0 Å². The van der Waals surface area contributed by atoms with E-state index in [1.165, 1.54) is 12.1 Å². The van der Waals surface area contributed by atoms with Gasteiger partial charge >= 0.3 is 5.97 Å². The third-order valence-electron chi connectivity index (χ3n) is 2.52. The fourth-order valence-electron chi connectivity index (χ4n) is 1.55. The summed E-state index contributed by atoms with van der Waals surface area (Å²) in [6.45, 7) is 0.322. The quantitative estimate of drug-likeness (QED) is 0.744. The number of carbonyl (C=O) groups excluding carboxylic acids is 1. The van der Waals surface area contributed by atoms with Gasteiger partial charge < -0.3 is 10.4 Å². The van der Waals surface area contributed by atoms with Crippen LogP contribution in [-0.2, 0) is 16.0 Å². The zero-order valence-electron chi connectivity index (χ0n) is 10.3. The van der Waals surface area contributed by atoms with Crippen LogP contribution in [0, 0.1) is 11.6 Å². The zero-order valence-corrected chi connectivity index (χ0v) is 10.3. The summed E-state index contributed by atoms with van der Waals surface area (Å²) in [4.78, 5) is 21.7. The van der Waals surface area contributed by atoms with Crippen LogP contribution in [0.4, 0.5) is 8.78 Å². The lowest BCUT2D eigenvalue weighted by molar-refractivity contribution is -0.137. The van der Waals surface area contributed by atoms with E-state index in [0.29, 0.717) is 19.4 Å². The Kier molecular flexibility index (Phi) is 5.92. The van der Waals surface area contributed by atoms with E-state index >= 15 is 0 Å². The highest BCUT2D eigenvalue weighted by Gasteiger charge is 2.11. The number of nitrogens with one attached hydrogen (secondary N) is 1. The van der Waals surface area contributed by atoms with Gasteiger partial charge in [-0.1, -0.05) is 12.1 Å². The third-order valence-corrected chi connectivity index (χ3v) is 2.52. The molecule has 1 aromatic carbocycles. The molecule has 0 heterocycles. The van der Waals surface area contributed by atoms with E-state index in [1.54, 1.807) is 0 Å². The van der Waals surface area contributed by atoms with Gasteiger partial charge in [0.05, 0.1) is 6.42 Å². The lowest BCUT2D eigenvalue weighted by Crippen LogP contribution is -2.26. The Balaban J connectivity index is 2.31. The van der Waals surface area contributed by atoms with Gasteiger partial charge in [0.1, 0.15) is 0 Å².